The number of esters is 1. The second kappa shape index (κ2) is 4.39. The molecule has 1 fully saturated rings. The minimum atomic E-state index is -0.452. The number of aliphatic imine (C=N–C) groups is 1. The lowest BCUT2D eigenvalue weighted by Gasteiger charge is -2.15. The third-order valence-corrected chi connectivity index (χ3v) is 2.62. The van der Waals surface area contributed by atoms with Crippen LogP contribution in [0, 0.1) is 0 Å². The van der Waals surface area contributed by atoms with Gasteiger partial charge in [0.15, 0.2) is 18.3 Å². The molecule has 6 heteroatoms. The largest absolute Gasteiger partial charge is 0.470 e. The number of hydrogen-bond acceptors (Lipinski definition) is 6. The summed E-state index contributed by atoms with van der Waals surface area (Å²) in [4.78, 5) is 15.0. The molecule has 0 aromatic heterocycles. The molecule has 0 bridgehead atoms. The maximum atomic E-state index is 10.7. The lowest BCUT2D eigenvalue weighted by atomic mass is 10.1. The van der Waals surface area contributed by atoms with Crippen LogP contribution in [0.25, 0.3) is 0 Å². The number of carbonyl (C=O) groups is 1. The Morgan fingerprint density at radius 1 is 1.56 bits per heavy atom. The van der Waals surface area contributed by atoms with Gasteiger partial charge >= 0.3 is 5.97 Å². The first-order valence-corrected chi connectivity index (χ1v) is 5.14. The van der Waals surface area contributed by atoms with Gasteiger partial charge in [-0.25, -0.2) is 4.99 Å². The Morgan fingerprint density at radius 2 is 2.31 bits per heavy atom. The lowest BCUT2D eigenvalue weighted by Crippen LogP contribution is -2.32. The zero-order chi connectivity index (χ0) is 11.7. The monoisotopic (exact) mass is 229 g/mol. The van der Waals surface area contributed by atoms with Crippen molar-refractivity contribution in [1.29, 1.82) is 0 Å². The number of carbonyl (C=O) groups excluding carboxylic acids is 1. The van der Waals surface area contributed by atoms with Gasteiger partial charge in [-0.3, -0.25) is 4.79 Å². The fraction of sp³-hybridized carbons (Fsp3) is 0.800. The summed E-state index contributed by atoms with van der Waals surface area (Å²) < 4.78 is 21.1. The molecule has 0 spiro atoms. The van der Waals surface area contributed by atoms with Crippen molar-refractivity contribution < 1.29 is 23.7 Å². The maximum absolute atomic E-state index is 10.7. The molecule has 0 amide bonds. The van der Waals surface area contributed by atoms with E-state index in [0.717, 1.165) is 0 Å². The predicted octanol–water partition coefficient (Wildman–Crippen LogP) is 0.107. The van der Waals surface area contributed by atoms with E-state index >= 15 is 0 Å². The van der Waals surface area contributed by atoms with E-state index in [1.54, 1.807) is 14.0 Å². The summed E-state index contributed by atoms with van der Waals surface area (Å²) >= 11 is 0. The van der Waals surface area contributed by atoms with E-state index < -0.39 is 6.29 Å². The van der Waals surface area contributed by atoms with E-state index in [9.17, 15) is 4.79 Å². The van der Waals surface area contributed by atoms with Crippen LogP contribution in [0.2, 0.25) is 0 Å². The van der Waals surface area contributed by atoms with E-state index in [0.29, 0.717) is 5.90 Å². The molecule has 0 radical (unpaired) electrons. The lowest BCUT2D eigenvalue weighted by molar-refractivity contribution is -0.162. The summed E-state index contributed by atoms with van der Waals surface area (Å²) in [5.41, 5.74) is 0. The third-order valence-electron chi connectivity index (χ3n) is 2.62. The summed E-state index contributed by atoms with van der Waals surface area (Å²) in [5.74, 6) is 0.286. The number of fused-ring (bicyclic) bond motifs is 1. The highest BCUT2D eigenvalue weighted by atomic mass is 16.7. The van der Waals surface area contributed by atoms with Crippen molar-refractivity contribution in [3.63, 3.8) is 0 Å². The van der Waals surface area contributed by atoms with Gasteiger partial charge < -0.3 is 18.9 Å². The predicted molar refractivity (Wildman–Crippen MR) is 54.1 cm³/mol. The first-order chi connectivity index (χ1) is 7.61. The summed E-state index contributed by atoms with van der Waals surface area (Å²) in [6, 6.07) is -0.149. The fourth-order valence-electron chi connectivity index (χ4n) is 1.95. The van der Waals surface area contributed by atoms with Gasteiger partial charge in [-0.2, -0.15) is 0 Å². The molecule has 1 unspecified atom stereocenters. The molecule has 1 saturated heterocycles. The van der Waals surface area contributed by atoms with Gasteiger partial charge in [0.25, 0.3) is 0 Å². The molecule has 2 heterocycles. The summed E-state index contributed by atoms with van der Waals surface area (Å²) in [7, 11) is 1.55. The van der Waals surface area contributed by atoms with Crippen molar-refractivity contribution in [3.8, 4) is 0 Å². The third kappa shape index (κ3) is 2.03. The van der Waals surface area contributed by atoms with Crippen molar-refractivity contribution in [2.45, 2.75) is 38.4 Å². The van der Waals surface area contributed by atoms with Gasteiger partial charge in [-0.1, -0.05) is 0 Å². The molecule has 4 atom stereocenters. The molecular formula is C10H15NO5. The van der Waals surface area contributed by atoms with E-state index in [4.69, 9.17) is 18.9 Å². The molecule has 6 nitrogen and oxygen atoms in total. The Labute approximate surface area is 93.5 Å². The molecule has 0 aliphatic carbocycles. The van der Waals surface area contributed by atoms with Crippen molar-refractivity contribution in [1.82, 2.24) is 0 Å². The molecule has 2 rings (SSSR count). The van der Waals surface area contributed by atoms with Gasteiger partial charge in [0.1, 0.15) is 18.8 Å². The van der Waals surface area contributed by atoms with Crippen LogP contribution in [0.5, 0.6) is 0 Å². The Balaban J connectivity index is 2.01. The number of ether oxygens (including phenoxy) is 4. The smallest absolute Gasteiger partial charge is 0.302 e. The molecule has 16 heavy (non-hydrogen) atoms. The SMILES string of the molecule is CO[C@@H]1O[C@H](COC(C)=O)[C@@H]2N=C(C)OC12. The Morgan fingerprint density at radius 3 is 2.94 bits per heavy atom. The highest BCUT2D eigenvalue weighted by molar-refractivity contribution is 5.75. The van der Waals surface area contributed by atoms with Crippen molar-refractivity contribution in [2.24, 2.45) is 4.99 Å². The minimum Gasteiger partial charge on any atom is -0.470 e. The van der Waals surface area contributed by atoms with E-state index in [2.05, 4.69) is 4.99 Å². The van der Waals surface area contributed by atoms with Gasteiger partial charge in [0, 0.05) is 21.0 Å². The van der Waals surface area contributed by atoms with Crippen LogP contribution in [0.3, 0.4) is 0 Å². The zero-order valence-electron chi connectivity index (χ0n) is 9.50. The van der Waals surface area contributed by atoms with Crippen LogP contribution in [0.15, 0.2) is 4.99 Å². The zero-order valence-corrected chi connectivity index (χ0v) is 9.50. The van der Waals surface area contributed by atoms with Gasteiger partial charge in [-0.05, 0) is 0 Å². The highest BCUT2D eigenvalue weighted by Gasteiger charge is 2.50. The molecule has 90 valence electrons. The minimum absolute atomic E-state index is 0.149. The fourth-order valence-corrected chi connectivity index (χ4v) is 1.95. The van der Waals surface area contributed by atoms with Crippen molar-refractivity contribution in [2.75, 3.05) is 13.7 Å². The topological polar surface area (TPSA) is 66.4 Å². The maximum Gasteiger partial charge on any atom is 0.302 e. The molecule has 2 aliphatic heterocycles. The Kier molecular flexibility index (Phi) is 3.11. The number of hydrogen-bond donors (Lipinski definition) is 0. The van der Waals surface area contributed by atoms with Crippen molar-refractivity contribution in [3.05, 3.63) is 0 Å². The molecular weight excluding hydrogens is 214 g/mol. The van der Waals surface area contributed by atoms with Gasteiger partial charge in [-0.15, -0.1) is 0 Å². The number of methoxy groups -OCH3 is 1. The van der Waals surface area contributed by atoms with Crippen LogP contribution >= 0.6 is 0 Å². The van der Waals surface area contributed by atoms with E-state index in [1.807, 2.05) is 0 Å². The normalized spacial score (nSPS) is 36.6. The Bertz CT molecular complexity index is 316. The van der Waals surface area contributed by atoms with Crippen LogP contribution in [-0.4, -0.2) is 50.1 Å². The second-order valence-corrected chi connectivity index (χ2v) is 3.80. The van der Waals surface area contributed by atoms with Crippen molar-refractivity contribution >= 4 is 11.9 Å². The summed E-state index contributed by atoms with van der Waals surface area (Å²) in [6.07, 6.45) is -0.978. The van der Waals surface area contributed by atoms with Gasteiger partial charge in [0.2, 0.25) is 0 Å². The van der Waals surface area contributed by atoms with Crippen LogP contribution in [0.4, 0.5) is 0 Å². The van der Waals surface area contributed by atoms with E-state index in [-0.39, 0.29) is 30.8 Å². The summed E-state index contributed by atoms with van der Waals surface area (Å²) in [6.45, 7) is 3.32. The van der Waals surface area contributed by atoms with E-state index in [1.165, 1.54) is 6.92 Å². The Hall–Kier alpha value is -1.14. The molecule has 0 aromatic carbocycles. The molecule has 0 saturated carbocycles. The van der Waals surface area contributed by atoms with Crippen LogP contribution in [-0.2, 0) is 23.7 Å². The number of rotatable bonds is 3. The average molecular weight is 229 g/mol. The number of nitrogens with zero attached hydrogens (tertiary/aromatic N) is 1. The standard InChI is InChI=1S/C10H15NO5/c1-5-11-8-7(4-14-6(2)12)16-10(13-3)9(8)15-5/h7-10H,4H2,1-3H3/t7-,8+,9?,10-/m1/s1. The van der Waals surface area contributed by atoms with Crippen LogP contribution < -0.4 is 0 Å². The average Bonchev–Trinajstić information content (AvgIpc) is 2.72. The first-order valence-electron chi connectivity index (χ1n) is 5.14. The first kappa shape index (κ1) is 11.3. The highest BCUT2D eigenvalue weighted by Crippen LogP contribution is 2.31. The second-order valence-electron chi connectivity index (χ2n) is 3.80. The summed E-state index contributed by atoms with van der Waals surface area (Å²) in [5, 5.41) is 0. The van der Waals surface area contributed by atoms with Crippen LogP contribution in [0.1, 0.15) is 13.8 Å². The quantitative estimate of drug-likeness (QED) is 0.642. The van der Waals surface area contributed by atoms with Gasteiger partial charge in [0.05, 0.1) is 0 Å². The molecule has 0 N–H and O–H groups in total. The molecule has 0 aromatic rings. The molecule has 2 aliphatic rings.